The van der Waals surface area contributed by atoms with Gasteiger partial charge in [-0.15, -0.1) is 11.3 Å². The van der Waals surface area contributed by atoms with Gasteiger partial charge in [0.15, 0.2) is 5.13 Å². The van der Waals surface area contributed by atoms with E-state index in [2.05, 4.69) is 15.0 Å². The van der Waals surface area contributed by atoms with Crippen molar-refractivity contribution in [1.82, 2.24) is 4.98 Å². The first kappa shape index (κ1) is 12.5. The van der Waals surface area contributed by atoms with E-state index in [9.17, 15) is 4.79 Å². The quantitative estimate of drug-likeness (QED) is 0.826. The second-order valence-corrected chi connectivity index (χ2v) is 4.65. The number of benzene rings is 1. The molecule has 0 spiro atoms. The number of aromatic nitrogens is 1. The van der Waals surface area contributed by atoms with Gasteiger partial charge in [-0.25, -0.2) is 9.78 Å². The molecule has 0 bridgehead atoms. The predicted molar refractivity (Wildman–Crippen MR) is 71.1 cm³/mol. The van der Waals surface area contributed by atoms with E-state index in [4.69, 9.17) is 5.73 Å². The smallest absolute Gasteiger partial charge is 0.337 e. The molecule has 0 aliphatic heterocycles. The minimum absolute atomic E-state index is 0.361. The van der Waals surface area contributed by atoms with Gasteiger partial charge in [-0.05, 0) is 18.2 Å². The van der Waals surface area contributed by atoms with Crippen molar-refractivity contribution >= 4 is 28.1 Å². The van der Waals surface area contributed by atoms with Gasteiger partial charge in [-0.2, -0.15) is 0 Å². The summed E-state index contributed by atoms with van der Waals surface area (Å²) in [7, 11) is 1.36. The van der Waals surface area contributed by atoms with Crippen LogP contribution in [0.4, 0.5) is 10.8 Å². The highest BCUT2D eigenvalue weighted by molar-refractivity contribution is 7.15. The molecule has 0 saturated heterocycles. The molecule has 0 amide bonds. The minimum atomic E-state index is -0.361. The summed E-state index contributed by atoms with van der Waals surface area (Å²) in [5, 5.41) is 3.87. The summed E-state index contributed by atoms with van der Waals surface area (Å²) < 4.78 is 4.67. The number of carbonyl (C=O) groups is 1. The SMILES string of the molecule is COC(=O)c1cccc(Nc2ncc(CN)s2)c1. The number of hydrogen-bond acceptors (Lipinski definition) is 6. The minimum Gasteiger partial charge on any atom is -0.465 e. The number of nitrogens with zero attached hydrogens (tertiary/aromatic N) is 1. The average Bonchev–Trinajstić information content (AvgIpc) is 2.86. The zero-order valence-corrected chi connectivity index (χ0v) is 10.7. The molecule has 0 unspecified atom stereocenters. The molecular formula is C12H13N3O2S. The van der Waals surface area contributed by atoms with Crippen molar-refractivity contribution in [3.8, 4) is 0 Å². The Labute approximate surface area is 109 Å². The van der Waals surface area contributed by atoms with Crippen molar-refractivity contribution in [3.63, 3.8) is 0 Å². The lowest BCUT2D eigenvalue weighted by molar-refractivity contribution is 0.0601. The first-order valence-corrected chi connectivity index (χ1v) is 6.14. The highest BCUT2D eigenvalue weighted by Crippen LogP contribution is 2.22. The molecule has 0 saturated carbocycles. The predicted octanol–water partition coefficient (Wildman–Crippen LogP) is 2.13. The molecule has 0 radical (unpaired) electrons. The van der Waals surface area contributed by atoms with E-state index in [0.717, 1.165) is 15.7 Å². The van der Waals surface area contributed by atoms with Crippen molar-refractivity contribution in [2.24, 2.45) is 5.73 Å². The summed E-state index contributed by atoms with van der Waals surface area (Å²) in [5.74, 6) is -0.361. The summed E-state index contributed by atoms with van der Waals surface area (Å²) in [6.07, 6.45) is 1.73. The number of rotatable bonds is 4. The van der Waals surface area contributed by atoms with Gasteiger partial charge in [0.05, 0.1) is 12.7 Å². The molecule has 5 nitrogen and oxygen atoms in total. The molecule has 6 heteroatoms. The van der Waals surface area contributed by atoms with Crippen molar-refractivity contribution in [2.75, 3.05) is 12.4 Å². The van der Waals surface area contributed by atoms with Crippen LogP contribution in [-0.2, 0) is 11.3 Å². The molecule has 0 atom stereocenters. The monoisotopic (exact) mass is 263 g/mol. The number of nitrogens with two attached hydrogens (primary N) is 1. The molecule has 0 aliphatic rings. The van der Waals surface area contributed by atoms with Crippen LogP contribution in [0.3, 0.4) is 0 Å². The molecular weight excluding hydrogens is 250 g/mol. The molecule has 2 aromatic rings. The Hall–Kier alpha value is -1.92. The van der Waals surface area contributed by atoms with Crippen LogP contribution in [0.2, 0.25) is 0 Å². The Balaban J connectivity index is 2.16. The lowest BCUT2D eigenvalue weighted by Gasteiger charge is -2.04. The number of thiazole rings is 1. The van der Waals surface area contributed by atoms with Crippen LogP contribution in [0.1, 0.15) is 15.2 Å². The van der Waals surface area contributed by atoms with Crippen molar-refractivity contribution in [1.29, 1.82) is 0 Å². The van der Waals surface area contributed by atoms with Crippen LogP contribution >= 0.6 is 11.3 Å². The maximum absolute atomic E-state index is 11.4. The van der Waals surface area contributed by atoms with Gasteiger partial charge in [-0.3, -0.25) is 0 Å². The third-order valence-corrected chi connectivity index (χ3v) is 3.22. The highest BCUT2D eigenvalue weighted by Gasteiger charge is 2.06. The first-order chi connectivity index (χ1) is 8.72. The van der Waals surface area contributed by atoms with E-state index in [1.54, 1.807) is 24.4 Å². The van der Waals surface area contributed by atoms with Gasteiger partial charge in [0.2, 0.25) is 0 Å². The van der Waals surface area contributed by atoms with E-state index < -0.39 is 0 Å². The highest BCUT2D eigenvalue weighted by atomic mass is 32.1. The Morgan fingerprint density at radius 3 is 3.06 bits per heavy atom. The fourth-order valence-electron chi connectivity index (χ4n) is 1.42. The van der Waals surface area contributed by atoms with Gasteiger partial charge in [0.25, 0.3) is 0 Å². The first-order valence-electron chi connectivity index (χ1n) is 5.33. The lowest BCUT2D eigenvalue weighted by Crippen LogP contribution is -2.01. The largest absolute Gasteiger partial charge is 0.465 e. The Bertz CT molecular complexity index is 554. The standard InChI is InChI=1S/C12H13N3O2S/c1-17-11(16)8-3-2-4-9(5-8)15-12-14-7-10(6-13)18-12/h2-5,7H,6,13H2,1H3,(H,14,15). The number of ether oxygens (including phenoxy) is 1. The van der Waals surface area contributed by atoms with Crippen molar-refractivity contribution < 1.29 is 9.53 Å². The fraction of sp³-hybridized carbons (Fsp3) is 0.167. The lowest BCUT2D eigenvalue weighted by atomic mass is 10.2. The maximum Gasteiger partial charge on any atom is 0.337 e. The molecule has 2 rings (SSSR count). The van der Waals surface area contributed by atoms with Crippen LogP contribution in [0, 0.1) is 0 Å². The van der Waals surface area contributed by atoms with E-state index in [0.29, 0.717) is 12.1 Å². The summed E-state index contributed by atoms with van der Waals surface area (Å²) in [5.41, 5.74) is 6.81. The Morgan fingerprint density at radius 1 is 1.56 bits per heavy atom. The van der Waals surface area contributed by atoms with Gasteiger partial charge in [0, 0.05) is 23.3 Å². The Kier molecular flexibility index (Phi) is 3.91. The molecule has 94 valence electrons. The fourth-order valence-corrected chi connectivity index (χ4v) is 2.14. The number of nitrogens with one attached hydrogen (secondary N) is 1. The maximum atomic E-state index is 11.4. The van der Waals surface area contributed by atoms with Gasteiger partial charge < -0.3 is 15.8 Å². The summed E-state index contributed by atoms with van der Waals surface area (Å²) in [6, 6.07) is 7.06. The number of esters is 1. The van der Waals surface area contributed by atoms with E-state index >= 15 is 0 Å². The zero-order chi connectivity index (χ0) is 13.0. The van der Waals surface area contributed by atoms with Crippen molar-refractivity contribution in [2.45, 2.75) is 6.54 Å². The third kappa shape index (κ3) is 2.85. The average molecular weight is 263 g/mol. The van der Waals surface area contributed by atoms with Gasteiger partial charge >= 0.3 is 5.97 Å². The summed E-state index contributed by atoms with van der Waals surface area (Å²) in [6.45, 7) is 0.474. The normalized spacial score (nSPS) is 10.1. The molecule has 0 fully saturated rings. The molecule has 1 aromatic carbocycles. The van der Waals surface area contributed by atoms with Crippen molar-refractivity contribution in [3.05, 3.63) is 40.9 Å². The summed E-state index contributed by atoms with van der Waals surface area (Å²) >= 11 is 1.48. The second-order valence-electron chi connectivity index (χ2n) is 3.53. The molecule has 1 heterocycles. The van der Waals surface area contributed by atoms with Crippen LogP contribution in [0.5, 0.6) is 0 Å². The van der Waals surface area contributed by atoms with E-state index in [1.807, 2.05) is 6.07 Å². The van der Waals surface area contributed by atoms with Crippen LogP contribution in [0.15, 0.2) is 30.5 Å². The topological polar surface area (TPSA) is 77.2 Å². The van der Waals surface area contributed by atoms with Crippen LogP contribution in [-0.4, -0.2) is 18.1 Å². The molecule has 18 heavy (non-hydrogen) atoms. The zero-order valence-electron chi connectivity index (χ0n) is 9.84. The molecule has 1 aromatic heterocycles. The summed E-state index contributed by atoms with van der Waals surface area (Å²) in [4.78, 5) is 16.6. The van der Waals surface area contributed by atoms with Crippen LogP contribution in [0.25, 0.3) is 0 Å². The van der Waals surface area contributed by atoms with E-state index in [1.165, 1.54) is 18.4 Å². The number of carbonyl (C=O) groups excluding carboxylic acids is 1. The molecule has 3 N–H and O–H groups in total. The second kappa shape index (κ2) is 5.61. The number of methoxy groups -OCH3 is 1. The Morgan fingerprint density at radius 2 is 2.39 bits per heavy atom. The van der Waals surface area contributed by atoms with Gasteiger partial charge in [0.1, 0.15) is 0 Å². The van der Waals surface area contributed by atoms with Gasteiger partial charge in [-0.1, -0.05) is 6.07 Å². The molecule has 0 aliphatic carbocycles. The number of anilines is 2. The number of hydrogen-bond donors (Lipinski definition) is 2. The van der Waals surface area contributed by atoms with Crippen LogP contribution < -0.4 is 11.1 Å². The van der Waals surface area contributed by atoms with E-state index in [-0.39, 0.29) is 5.97 Å². The third-order valence-electron chi connectivity index (χ3n) is 2.29.